The van der Waals surface area contributed by atoms with Gasteiger partial charge in [-0.25, -0.2) is 4.39 Å². The molecule has 1 aromatic rings. The Balaban J connectivity index is 2.89. The molecular weight excluding hydrogens is 331 g/mol. The van der Waals surface area contributed by atoms with Crippen LogP contribution < -0.4 is 0 Å². The minimum atomic E-state index is -0.429. The summed E-state index contributed by atoms with van der Waals surface area (Å²) in [5, 5.41) is 0. The van der Waals surface area contributed by atoms with Crippen LogP contribution in [-0.2, 0) is 16.0 Å². The van der Waals surface area contributed by atoms with Crippen molar-refractivity contribution in [2.24, 2.45) is 0 Å². The smallest absolute Gasteiger partial charge is 0.310 e. The topological polar surface area (TPSA) is 26.3 Å². The molecule has 0 bridgehead atoms. The SMILES string of the molecule is CCOC(=O)Cc1cc(Br)cc(Br)c1F. The third-order valence-corrected chi connectivity index (χ3v) is 2.74. The number of carbonyl (C=O) groups excluding carboxylic acids is 1. The van der Waals surface area contributed by atoms with Crippen LogP contribution in [-0.4, -0.2) is 12.6 Å². The van der Waals surface area contributed by atoms with Crippen molar-refractivity contribution in [1.82, 2.24) is 0 Å². The maximum atomic E-state index is 13.5. The average Bonchev–Trinajstić information content (AvgIpc) is 2.13. The van der Waals surface area contributed by atoms with E-state index in [1.54, 1.807) is 19.1 Å². The number of ether oxygens (including phenoxy) is 1. The highest BCUT2D eigenvalue weighted by molar-refractivity contribution is 9.11. The van der Waals surface area contributed by atoms with Crippen molar-refractivity contribution < 1.29 is 13.9 Å². The number of hydrogen-bond acceptors (Lipinski definition) is 2. The summed E-state index contributed by atoms with van der Waals surface area (Å²) in [5.74, 6) is -0.854. The highest BCUT2D eigenvalue weighted by atomic mass is 79.9. The Morgan fingerprint density at radius 3 is 2.73 bits per heavy atom. The number of carbonyl (C=O) groups is 1. The van der Waals surface area contributed by atoms with Crippen molar-refractivity contribution in [3.63, 3.8) is 0 Å². The van der Waals surface area contributed by atoms with Gasteiger partial charge in [-0.15, -0.1) is 0 Å². The van der Waals surface area contributed by atoms with Crippen molar-refractivity contribution in [3.8, 4) is 0 Å². The molecule has 0 aliphatic heterocycles. The van der Waals surface area contributed by atoms with E-state index in [0.717, 1.165) is 4.47 Å². The largest absolute Gasteiger partial charge is 0.466 e. The fourth-order valence-electron chi connectivity index (χ4n) is 1.11. The number of hydrogen-bond donors (Lipinski definition) is 0. The Hall–Kier alpha value is -0.420. The molecule has 0 spiro atoms. The number of benzene rings is 1. The highest BCUT2D eigenvalue weighted by Crippen LogP contribution is 2.25. The lowest BCUT2D eigenvalue weighted by molar-refractivity contribution is -0.142. The van der Waals surface area contributed by atoms with Crippen LogP contribution in [0.4, 0.5) is 4.39 Å². The van der Waals surface area contributed by atoms with Crippen molar-refractivity contribution in [2.45, 2.75) is 13.3 Å². The summed E-state index contributed by atoms with van der Waals surface area (Å²) in [6.07, 6.45) is -0.0578. The van der Waals surface area contributed by atoms with E-state index >= 15 is 0 Å². The van der Waals surface area contributed by atoms with Crippen LogP contribution in [0.15, 0.2) is 21.1 Å². The molecule has 0 radical (unpaired) electrons. The number of esters is 1. The molecule has 1 rings (SSSR count). The third kappa shape index (κ3) is 3.57. The Kier molecular flexibility index (Phi) is 4.73. The molecule has 82 valence electrons. The van der Waals surface area contributed by atoms with Gasteiger partial charge in [0.2, 0.25) is 0 Å². The molecule has 0 fully saturated rings. The quantitative estimate of drug-likeness (QED) is 0.622. The fourth-order valence-corrected chi connectivity index (χ4v) is 2.42. The van der Waals surface area contributed by atoms with Gasteiger partial charge in [0, 0.05) is 10.0 Å². The van der Waals surface area contributed by atoms with E-state index in [2.05, 4.69) is 31.9 Å². The molecule has 0 aromatic heterocycles. The molecular formula is C10H9Br2FO2. The summed E-state index contributed by atoms with van der Waals surface area (Å²) in [6.45, 7) is 2.01. The van der Waals surface area contributed by atoms with E-state index in [0.29, 0.717) is 16.6 Å². The second-order valence-electron chi connectivity index (χ2n) is 2.84. The molecule has 0 atom stereocenters. The van der Waals surface area contributed by atoms with Crippen molar-refractivity contribution in [2.75, 3.05) is 6.61 Å². The first kappa shape index (κ1) is 12.6. The zero-order valence-corrected chi connectivity index (χ0v) is 11.2. The summed E-state index contributed by atoms with van der Waals surface area (Å²) in [5.41, 5.74) is 0.315. The second-order valence-corrected chi connectivity index (χ2v) is 4.61. The summed E-state index contributed by atoms with van der Waals surface area (Å²) in [7, 11) is 0. The van der Waals surface area contributed by atoms with Gasteiger partial charge in [0.1, 0.15) is 5.82 Å². The zero-order valence-electron chi connectivity index (χ0n) is 8.02. The average molecular weight is 340 g/mol. The van der Waals surface area contributed by atoms with E-state index in [1.807, 2.05) is 0 Å². The van der Waals surface area contributed by atoms with Crippen LogP contribution >= 0.6 is 31.9 Å². The lowest BCUT2D eigenvalue weighted by Gasteiger charge is -2.05. The van der Waals surface area contributed by atoms with E-state index in [9.17, 15) is 9.18 Å². The maximum absolute atomic E-state index is 13.5. The second kappa shape index (κ2) is 5.61. The predicted molar refractivity (Wildman–Crippen MR) is 62.1 cm³/mol. The monoisotopic (exact) mass is 338 g/mol. The normalized spacial score (nSPS) is 10.1. The summed E-state index contributed by atoms with van der Waals surface area (Å²) in [6, 6.07) is 3.15. The fraction of sp³-hybridized carbons (Fsp3) is 0.300. The maximum Gasteiger partial charge on any atom is 0.310 e. The van der Waals surface area contributed by atoms with Crippen LogP contribution in [0.2, 0.25) is 0 Å². The lowest BCUT2D eigenvalue weighted by Crippen LogP contribution is -2.09. The number of rotatable bonds is 3. The minimum Gasteiger partial charge on any atom is -0.466 e. The van der Waals surface area contributed by atoms with E-state index in [1.165, 1.54) is 0 Å². The van der Waals surface area contributed by atoms with Crippen LogP contribution in [0.25, 0.3) is 0 Å². The molecule has 5 heteroatoms. The van der Waals surface area contributed by atoms with Gasteiger partial charge in [0.15, 0.2) is 0 Å². The molecule has 2 nitrogen and oxygen atoms in total. The third-order valence-electron chi connectivity index (χ3n) is 1.71. The Bertz CT molecular complexity index is 380. The molecule has 0 aliphatic carbocycles. The summed E-state index contributed by atoms with van der Waals surface area (Å²) < 4.78 is 19.3. The van der Waals surface area contributed by atoms with Crippen LogP contribution in [0.5, 0.6) is 0 Å². The molecule has 0 unspecified atom stereocenters. The first-order valence-electron chi connectivity index (χ1n) is 4.33. The van der Waals surface area contributed by atoms with Gasteiger partial charge in [-0.1, -0.05) is 15.9 Å². The molecule has 0 aliphatic rings. The van der Waals surface area contributed by atoms with E-state index in [4.69, 9.17) is 4.74 Å². The molecule has 0 saturated carbocycles. The van der Waals surface area contributed by atoms with Gasteiger partial charge in [0.05, 0.1) is 17.5 Å². The van der Waals surface area contributed by atoms with E-state index < -0.39 is 11.8 Å². The van der Waals surface area contributed by atoms with E-state index in [-0.39, 0.29) is 6.42 Å². The Labute approximate surface area is 104 Å². The molecule has 15 heavy (non-hydrogen) atoms. The number of halogens is 3. The van der Waals surface area contributed by atoms with Crippen LogP contribution in [0, 0.1) is 5.82 Å². The Morgan fingerprint density at radius 2 is 2.13 bits per heavy atom. The molecule has 1 aromatic carbocycles. The standard InChI is InChI=1S/C10H9Br2FO2/c1-2-15-9(14)4-6-3-7(11)5-8(12)10(6)13/h3,5H,2,4H2,1H3. The zero-order chi connectivity index (χ0) is 11.4. The molecule has 0 N–H and O–H groups in total. The summed E-state index contributed by atoms with van der Waals surface area (Å²) in [4.78, 5) is 11.2. The molecule has 0 saturated heterocycles. The van der Waals surface area contributed by atoms with Gasteiger partial charge in [0.25, 0.3) is 0 Å². The predicted octanol–water partition coefficient (Wildman–Crippen LogP) is 3.46. The van der Waals surface area contributed by atoms with Crippen molar-refractivity contribution in [3.05, 3.63) is 32.5 Å². The molecule has 0 amide bonds. The lowest BCUT2D eigenvalue weighted by atomic mass is 10.1. The van der Waals surface area contributed by atoms with Crippen LogP contribution in [0.3, 0.4) is 0 Å². The van der Waals surface area contributed by atoms with Crippen molar-refractivity contribution in [1.29, 1.82) is 0 Å². The first-order valence-corrected chi connectivity index (χ1v) is 5.92. The van der Waals surface area contributed by atoms with Gasteiger partial charge in [-0.2, -0.15) is 0 Å². The van der Waals surface area contributed by atoms with Crippen LogP contribution in [0.1, 0.15) is 12.5 Å². The van der Waals surface area contributed by atoms with Gasteiger partial charge < -0.3 is 4.74 Å². The van der Waals surface area contributed by atoms with Gasteiger partial charge in [-0.3, -0.25) is 4.79 Å². The summed E-state index contributed by atoms with van der Waals surface area (Å²) >= 11 is 6.30. The van der Waals surface area contributed by atoms with Gasteiger partial charge in [-0.05, 0) is 35.0 Å². The van der Waals surface area contributed by atoms with Crippen molar-refractivity contribution >= 4 is 37.8 Å². The minimum absolute atomic E-state index is 0.0578. The highest BCUT2D eigenvalue weighted by Gasteiger charge is 2.12. The first-order chi connectivity index (χ1) is 7.04. The Morgan fingerprint density at radius 1 is 1.47 bits per heavy atom. The van der Waals surface area contributed by atoms with Gasteiger partial charge >= 0.3 is 5.97 Å². The molecule has 0 heterocycles.